The van der Waals surface area contributed by atoms with Gasteiger partial charge in [0.15, 0.2) is 0 Å². The van der Waals surface area contributed by atoms with Crippen molar-refractivity contribution in [3.63, 3.8) is 0 Å². The van der Waals surface area contributed by atoms with Crippen molar-refractivity contribution in [1.82, 2.24) is 19.1 Å². The topological polar surface area (TPSA) is 35.6 Å². The molecule has 4 aromatic rings. The lowest BCUT2D eigenvalue weighted by Crippen LogP contribution is -2.10. The Morgan fingerprint density at radius 3 is 2.52 bits per heavy atom. The molecule has 124 valence electrons. The van der Waals surface area contributed by atoms with Gasteiger partial charge in [-0.2, -0.15) is 0 Å². The zero-order chi connectivity index (χ0) is 17.1. The highest BCUT2D eigenvalue weighted by Gasteiger charge is 2.18. The average molecular weight is 349 g/mol. The molecule has 4 rings (SSSR count). The first kappa shape index (κ1) is 15.7. The minimum atomic E-state index is 0.138. The molecule has 0 aliphatic rings. The third-order valence-electron chi connectivity index (χ3n) is 4.24. The smallest absolute Gasteiger partial charge is 0.0995 e. The Hall–Kier alpha value is -2.85. The summed E-state index contributed by atoms with van der Waals surface area (Å²) in [5.41, 5.74) is 3.15. The van der Waals surface area contributed by atoms with Crippen LogP contribution in [0.2, 0.25) is 5.02 Å². The Balaban J connectivity index is 1.72. The molecule has 0 N–H and O–H groups in total. The van der Waals surface area contributed by atoms with Crippen molar-refractivity contribution in [1.29, 1.82) is 0 Å². The molecule has 2 heterocycles. The maximum Gasteiger partial charge on any atom is 0.0995 e. The van der Waals surface area contributed by atoms with Crippen LogP contribution in [0, 0.1) is 0 Å². The average Bonchev–Trinajstić information content (AvgIpc) is 3.33. The molecule has 0 amide bonds. The summed E-state index contributed by atoms with van der Waals surface area (Å²) in [5, 5.41) is 0.706. The number of imidazole rings is 2. The number of hydrogen-bond acceptors (Lipinski definition) is 2. The number of hydrogen-bond donors (Lipinski definition) is 0. The Bertz CT molecular complexity index is 945. The van der Waals surface area contributed by atoms with E-state index >= 15 is 0 Å². The van der Waals surface area contributed by atoms with Gasteiger partial charge in [-0.25, -0.2) is 9.97 Å². The standard InChI is InChI=1S/C20H17ClN4/c21-18-8-4-5-9-20(18)25-13-19(23-15-25)17(12-24-11-10-22-14-24)16-6-2-1-3-7-16/h1-11,13-15,17H,12H2. The van der Waals surface area contributed by atoms with E-state index < -0.39 is 0 Å². The largest absolute Gasteiger partial charge is 0.336 e. The summed E-state index contributed by atoms with van der Waals surface area (Å²) in [5.74, 6) is 0.138. The van der Waals surface area contributed by atoms with E-state index in [1.807, 2.05) is 53.8 Å². The predicted octanol–water partition coefficient (Wildman–Crippen LogP) is 4.55. The molecule has 0 aliphatic heterocycles. The predicted molar refractivity (Wildman–Crippen MR) is 99.1 cm³/mol. The zero-order valence-corrected chi connectivity index (χ0v) is 14.3. The van der Waals surface area contributed by atoms with Crippen molar-refractivity contribution in [2.75, 3.05) is 0 Å². The van der Waals surface area contributed by atoms with Crippen LogP contribution in [0.25, 0.3) is 5.69 Å². The van der Waals surface area contributed by atoms with E-state index in [1.54, 1.807) is 6.20 Å². The molecule has 1 atom stereocenters. The highest BCUT2D eigenvalue weighted by molar-refractivity contribution is 6.32. The van der Waals surface area contributed by atoms with E-state index in [1.165, 1.54) is 5.56 Å². The summed E-state index contributed by atoms with van der Waals surface area (Å²) < 4.78 is 4.05. The van der Waals surface area contributed by atoms with E-state index in [0.29, 0.717) is 5.02 Å². The van der Waals surface area contributed by atoms with Crippen LogP contribution >= 0.6 is 11.6 Å². The summed E-state index contributed by atoms with van der Waals surface area (Å²) in [4.78, 5) is 8.81. The van der Waals surface area contributed by atoms with Crippen LogP contribution in [0.15, 0.2) is 85.8 Å². The highest BCUT2D eigenvalue weighted by Crippen LogP contribution is 2.27. The molecule has 0 bridgehead atoms. The van der Waals surface area contributed by atoms with Crippen LogP contribution in [0.4, 0.5) is 0 Å². The lowest BCUT2D eigenvalue weighted by atomic mass is 9.96. The van der Waals surface area contributed by atoms with Crippen LogP contribution in [0.1, 0.15) is 17.2 Å². The van der Waals surface area contributed by atoms with Crippen molar-refractivity contribution >= 4 is 11.6 Å². The molecule has 2 aromatic carbocycles. The molecule has 4 nitrogen and oxygen atoms in total. The highest BCUT2D eigenvalue weighted by atomic mass is 35.5. The summed E-state index contributed by atoms with van der Waals surface area (Å²) in [6.07, 6.45) is 9.47. The van der Waals surface area contributed by atoms with Crippen molar-refractivity contribution in [2.45, 2.75) is 12.5 Å². The maximum atomic E-state index is 6.32. The molecule has 0 saturated heterocycles. The fourth-order valence-electron chi connectivity index (χ4n) is 2.97. The lowest BCUT2D eigenvalue weighted by molar-refractivity contribution is 0.613. The Morgan fingerprint density at radius 1 is 0.960 bits per heavy atom. The molecule has 0 spiro atoms. The second kappa shape index (κ2) is 6.95. The number of benzene rings is 2. The summed E-state index contributed by atoms with van der Waals surface area (Å²) in [7, 11) is 0. The lowest BCUT2D eigenvalue weighted by Gasteiger charge is -2.16. The molecular weight excluding hydrogens is 332 g/mol. The van der Waals surface area contributed by atoms with Crippen LogP contribution < -0.4 is 0 Å². The fraction of sp³-hybridized carbons (Fsp3) is 0.100. The van der Waals surface area contributed by atoms with E-state index in [2.05, 4.69) is 45.0 Å². The van der Waals surface area contributed by atoms with Gasteiger partial charge in [-0.05, 0) is 17.7 Å². The van der Waals surface area contributed by atoms with Gasteiger partial charge in [0.1, 0.15) is 0 Å². The van der Waals surface area contributed by atoms with Gasteiger partial charge in [-0.15, -0.1) is 0 Å². The summed E-state index contributed by atoms with van der Waals surface area (Å²) >= 11 is 6.32. The molecule has 1 unspecified atom stereocenters. The number of halogens is 1. The molecule has 25 heavy (non-hydrogen) atoms. The molecule has 0 radical (unpaired) electrons. The van der Waals surface area contributed by atoms with E-state index in [4.69, 9.17) is 11.6 Å². The third-order valence-corrected chi connectivity index (χ3v) is 4.56. The van der Waals surface area contributed by atoms with E-state index in [-0.39, 0.29) is 5.92 Å². The van der Waals surface area contributed by atoms with Gasteiger partial charge in [-0.3, -0.25) is 0 Å². The summed E-state index contributed by atoms with van der Waals surface area (Å²) in [6.45, 7) is 0.781. The number of para-hydroxylation sites is 1. The summed E-state index contributed by atoms with van der Waals surface area (Å²) in [6, 6.07) is 18.2. The van der Waals surface area contributed by atoms with Gasteiger partial charge < -0.3 is 9.13 Å². The minimum absolute atomic E-state index is 0.138. The maximum absolute atomic E-state index is 6.32. The minimum Gasteiger partial charge on any atom is -0.336 e. The molecule has 0 aliphatic carbocycles. The Kier molecular flexibility index (Phi) is 4.36. The van der Waals surface area contributed by atoms with E-state index in [9.17, 15) is 0 Å². The number of aromatic nitrogens is 4. The van der Waals surface area contributed by atoms with Gasteiger partial charge in [0, 0.05) is 31.1 Å². The number of rotatable bonds is 5. The van der Waals surface area contributed by atoms with Crippen LogP contribution in [-0.4, -0.2) is 19.1 Å². The van der Waals surface area contributed by atoms with Gasteiger partial charge in [0.05, 0.1) is 29.1 Å². The van der Waals surface area contributed by atoms with Crippen LogP contribution in [-0.2, 0) is 6.54 Å². The molecule has 2 aromatic heterocycles. The first-order chi connectivity index (χ1) is 12.3. The van der Waals surface area contributed by atoms with Gasteiger partial charge >= 0.3 is 0 Å². The Morgan fingerprint density at radius 2 is 1.76 bits per heavy atom. The van der Waals surface area contributed by atoms with Gasteiger partial charge in [-0.1, -0.05) is 54.1 Å². The fourth-order valence-corrected chi connectivity index (χ4v) is 3.20. The van der Waals surface area contributed by atoms with Gasteiger partial charge in [0.25, 0.3) is 0 Å². The van der Waals surface area contributed by atoms with E-state index in [0.717, 1.165) is 17.9 Å². The normalized spacial score (nSPS) is 12.2. The third kappa shape index (κ3) is 3.35. The first-order valence-electron chi connectivity index (χ1n) is 8.11. The number of nitrogens with zero attached hydrogens (tertiary/aromatic N) is 4. The second-order valence-electron chi connectivity index (χ2n) is 5.88. The van der Waals surface area contributed by atoms with Crippen molar-refractivity contribution in [3.8, 4) is 5.69 Å². The van der Waals surface area contributed by atoms with Crippen molar-refractivity contribution < 1.29 is 0 Å². The van der Waals surface area contributed by atoms with Crippen molar-refractivity contribution in [3.05, 3.63) is 102 Å². The Labute approximate surface area is 151 Å². The molecular formula is C20H17ClN4. The van der Waals surface area contributed by atoms with Crippen LogP contribution in [0.5, 0.6) is 0 Å². The molecule has 0 fully saturated rings. The monoisotopic (exact) mass is 348 g/mol. The van der Waals surface area contributed by atoms with Crippen molar-refractivity contribution in [2.24, 2.45) is 0 Å². The van der Waals surface area contributed by atoms with Crippen LogP contribution in [0.3, 0.4) is 0 Å². The zero-order valence-electron chi connectivity index (χ0n) is 13.5. The second-order valence-corrected chi connectivity index (χ2v) is 6.29. The SMILES string of the molecule is Clc1ccccc1-n1cnc(C(Cn2ccnc2)c2ccccc2)c1. The first-order valence-corrected chi connectivity index (χ1v) is 8.48. The quantitative estimate of drug-likeness (QED) is 0.530. The molecule has 5 heteroatoms. The molecule has 0 saturated carbocycles. The van der Waals surface area contributed by atoms with Gasteiger partial charge in [0.2, 0.25) is 0 Å².